The summed E-state index contributed by atoms with van der Waals surface area (Å²) in [5.41, 5.74) is 0.768. The Kier molecular flexibility index (Phi) is 3.10. The van der Waals surface area contributed by atoms with E-state index in [0.29, 0.717) is 5.82 Å². The molecule has 0 radical (unpaired) electrons. The number of rotatable bonds is 4. The molecule has 0 saturated carbocycles. The van der Waals surface area contributed by atoms with Gasteiger partial charge in [0.05, 0.1) is 5.41 Å². The highest BCUT2D eigenvalue weighted by atomic mass is 16.5. The van der Waals surface area contributed by atoms with Gasteiger partial charge in [-0.15, -0.1) is 0 Å². The average molecular weight is 261 g/mol. The van der Waals surface area contributed by atoms with Crippen molar-refractivity contribution < 1.29 is 4.52 Å². The topological polar surface area (TPSA) is 68.8 Å². The highest BCUT2D eigenvalue weighted by Gasteiger charge is 2.40. The molecular weight excluding hydrogens is 242 g/mol. The summed E-state index contributed by atoms with van der Waals surface area (Å²) >= 11 is 0. The van der Waals surface area contributed by atoms with E-state index in [1.165, 1.54) is 0 Å². The first-order valence-electron chi connectivity index (χ1n) is 6.78. The number of aryl methyl sites for hydroxylation is 1. The first-order valence-corrected chi connectivity index (χ1v) is 6.78. The summed E-state index contributed by atoms with van der Waals surface area (Å²) in [6.07, 6.45) is 5.13. The fraction of sp³-hybridized carbons (Fsp3) is 0.615. The third-order valence-electron chi connectivity index (χ3n) is 3.79. The van der Waals surface area contributed by atoms with Crippen LogP contribution < -0.4 is 5.32 Å². The third kappa shape index (κ3) is 2.16. The van der Waals surface area contributed by atoms with E-state index in [4.69, 9.17) is 4.52 Å². The van der Waals surface area contributed by atoms with Crippen LogP contribution in [-0.2, 0) is 12.5 Å². The summed E-state index contributed by atoms with van der Waals surface area (Å²) in [6, 6.07) is 1.90. The van der Waals surface area contributed by atoms with Gasteiger partial charge in [0, 0.05) is 19.8 Å². The van der Waals surface area contributed by atoms with Crippen LogP contribution in [0.3, 0.4) is 0 Å². The van der Waals surface area contributed by atoms with Crippen LogP contribution in [0.1, 0.15) is 32.1 Å². The highest BCUT2D eigenvalue weighted by molar-refractivity contribution is 5.47. The molecule has 2 aromatic rings. The van der Waals surface area contributed by atoms with Gasteiger partial charge in [-0.2, -0.15) is 10.1 Å². The van der Waals surface area contributed by atoms with Crippen molar-refractivity contribution in [2.45, 2.75) is 31.6 Å². The molecule has 0 aromatic carbocycles. The Balaban J connectivity index is 1.91. The lowest BCUT2D eigenvalue weighted by atomic mass is 9.82. The fourth-order valence-corrected chi connectivity index (χ4v) is 2.80. The van der Waals surface area contributed by atoms with Gasteiger partial charge in [-0.25, -0.2) is 0 Å². The summed E-state index contributed by atoms with van der Waals surface area (Å²) in [6.45, 7) is 4.13. The van der Waals surface area contributed by atoms with Crippen LogP contribution >= 0.6 is 0 Å². The lowest BCUT2D eigenvalue weighted by Gasteiger charge is -2.22. The maximum atomic E-state index is 5.52. The predicted molar refractivity (Wildman–Crippen MR) is 70.6 cm³/mol. The van der Waals surface area contributed by atoms with Gasteiger partial charge in [-0.3, -0.25) is 4.68 Å². The quantitative estimate of drug-likeness (QED) is 0.903. The molecule has 1 N–H and O–H groups in total. The minimum Gasteiger partial charge on any atom is -0.338 e. The van der Waals surface area contributed by atoms with Crippen LogP contribution in [0.5, 0.6) is 0 Å². The predicted octanol–water partition coefficient (Wildman–Crippen LogP) is 1.50. The summed E-state index contributed by atoms with van der Waals surface area (Å²) in [4.78, 5) is 4.57. The van der Waals surface area contributed by atoms with Crippen LogP contribution in [0.15, 0.2) is 16.8 Å². The zero-order chi connectivity index (χ0) is 13.3. The number of nitrogens with zero attached hydrogens (tertiary/aromatic N) is 4. The molecule has 1 fully saturated rings. The van der Waals surface area contributed by atoms with Crippen molar-refractivity contribution >= 4 is 0 Å². The maximum Gasteiger partial charge on any atom is 0.234 e. The molecule has 0 spiro atoms. The molecule has 19 heavy (non-hydrogen) atoms. The van der Waals surface area contributed by atoms with Crippen molar-refractivity contribution in [3.8, 4) is 11.5 Å². The van der Waals surface area contributed by atoms with E-state index in [0.717, 1.165) is 43.9 Å². The van der Waals surface area contributed by atoms with Gasteiger partial charge in [-0.05, 0) is 25.5 Å². The highest BCUT2D eigenvalue weighted by Crippen LogP contribution is 2.35. The lowest BCUT2D eigenvalue weighted by Crippen LogP contribution is -2.29. The second-order valence-electron chi connectivity index (χ2n) is 5.25. The minimum absolute atomic E-state index is 0.00871. The van der Waals surface area contributed by atoms with Gasteiger partial charge in [-0.1, -0.05) is 18.5 Å². The molecule has 6 nitrogen and oxygen atoms in total. The van der Waals surface area contributed by atoms with Crippen LogP contribution in [0.4, 0.5) is 0 Å². The number of nitrogens with one attached hydrogen (secondary N) is 1. The molecule has 1 saturated heterocycles. The van der Waals surface area contributed by atoms with E-state index in [1.807, 2.05) is 19.3 Å². The molecule has 3 heterocycles. The lowest BCUT2D eigenvalue weighted by molar-refractivity contribution is 0.277. The zero-order valence-corrected chi connectivity index (χ0v) is 11.4. The molecule has 1 aliphatic rings. The van der Waals surface area contributed by atoms with Crippen LogP contribution in [0, 0.1) is 0 Å². The molecule has 6 heteroatoms. The minimum atomic E-state index is 0.00871. The fourth-order valence-electron chi connectivity index (χ4n) is 2.80. The van der Waals surface area contributed by atoms with Crippen molar-refractivity contribution in [3.05, 3.63) is 18.2 Å². The van der Waals surface area contributed by atoms with E-state index in [2.05, 4.69) is 27.5 Å². The molecule has 0 amide bonds. The Labute approximate surface area is 112 Å². The van der Waals surface area contributed by atoms with E-state index < -0.39 is 0 Å². The molecule has 0 bridgehead atoms. The Morgan fingerprint density at radius 2 is 2.42 bits per heavy atom. The van der Waals surface area contributed by atoms with E-state index in [9.17, 15) is 0 Å². The normalized spacial score (nSPS) is 23.1. The van der Waals surface area contributed by atoms with Crippen molar-refractivity contribution in [1.82, 2.24) is 25.2 Å². The van der Waals surface area contributed by atoms with Gasteiger partial charge in [0.2, 0.25) is 11.7 Å². The second-order valence-corrected chi connectivity index (χ2v) is 5.25. The first kappa shape index (κ1) is 12.3. The van der Waals surface area contributed by atoms with Gasteiger partial charge >= 0.3 is 0 Å². The molecule has 3 rings (SSSR count). The number of hydrogen-bond acceptors (Lipinski definition) is 5. The van der Waals surface area contributed by atoms with Crippen LogP contribution in [0.2, 0.25) is 0 Å². The molecule has 1 atom stereocenters. The second kappa shape index (κ2) is 4.77. The standard InChI is InChI=1S/C13H19N5O/c1-3-5-13(6-7-14-9-13)12-15-11(17-19-12)10-4-8-18(2)16-10/h4,8,14H,3,5-7,9H2,1-2H3. The molecule has 1 unspecified atom stereocenters. The first-order chi connectivity index (χ1) is 9.23. The van der Waals surface area contributed by atoms with E-state index >= 15 is 0 Å². The van der Waals surface area contributed by atoms with Gasteiger partial charge in [0.25, 0.3) is 0 Å². The van der Waals surface area contributed by atoms with Gasteiger partial charge in [0.15, 0.2) is 0 Å². The van der Waals surface area contributed by atoms with Crippen LogP contribution in [-0.4, -0.2) is 33.0 Å². The number of aromatic nitrogens is 4. The van der Waals surface area contributed by atoms with Crippen molar-refractivity contribution in [2.24, 2.45) is 7.05 Å². The van der Waals surface area contributed by atoms with Gasteiger partial charge < -0.3 is 9.84 Å². The average Bonchev–Trinajstić information content (AvgIpc) is 3.07. The van der Waals surface area contributed by atoms with Crippen molar-refractivity contribution in [3.63, 3.8) is 0 Å². The third-order valence-corrected chi connectivity index (χ3v) is 3.79. The van der Waals surface area contributed by atoms with Crippen molar-refractivity contribution in [1.29, 1.82) is 0 Å². The maximum absolute atomic E-state index is 5.52. The molecule has 1 aliphatic heterocycles. The summed E-state index contributed by atoms with van der Waals surface area (Å²) in [5.74, 6) is 1.33. The summed E-state index contributed by atoms with van der Waals surface area (Å²) < 4.78 is 7.26. The largest absolute Gasteiger partial charge is 0.338 e. The smallest absolute Gasteiger partial charge is 0.234 e. The molecule has 0 aliphatic carbocycles. The Morgan fingerprint density at radius 1 is 1.53 bits per heavy atom. The summed E-state index contributed by atoms with van der Waals surface area (Å²) in [7, 11) is 1.88. The zero-order valence-electron chi connectivity index (χ0n) is 11.4. The summed E-state index contributed by atoms with van der Waals surface area (Å²) in [5, 5.41) is 11.8. The monoisotopic (exact) mass is 261 g/mol. The SMILES string of the molecule is CCCC1(c2nc(-c3ccn(C)n3)no2)CCNC1. The molecular formula is C13H19N5O. The Morgan fingerprint density at radius 3 is 3.05 bits per heavy atom. The van der Waals surface area contributed by atoms with E-state index in [-0.39, 0.29) is 5.41 Å². The van der Waals surface area contributed by atoms with Crippen molar-refractivity contribution in [2.75, 3.05) is 13.1 Å². The Hall–Kier alpha value is -1.69. The van der Waals surface area contributed by atoms with Crippen LogP contribution in [0.25, 0.3) is 11.5 Å². The molecule has 102 valence electrons. The number of hydrogen-bond donors (Lipinski definition) is 1. The molecule has 2 aromatic heterocycles. The van der Waals surface area contributed by atoms with E-state index in [1.54, 1.807) is 4.68 Å². The Bertz CT molecular complexity index is 553. The van der Waals surface area contributed by atoms with Gasteiger partial charge in [0.1, 0.15) is 5.69 Å².